The van der Waals surface area contributed by atoms with Crippen molar-refractivity contribution in [2.75, 3.05) is 11.9 Å². The highest BCUT2D eigenvalue weighted by Crippen LogP contribution is 2.32. The second-order valence-electron chi connectivity index (χ2n) is 6.06. The van der Waals surface area contributed by atoms with E-state index in [0.29, 0.717) is 28.8 Å². The van der Waals surface area contributed by atoms with Crippen molar-refractivity contribution in [2.45, 2.75) is 37.8 Å². The number of nitrogens with one attached hydrogen (secondary N) is 1. The normalized spacial score (nSPS) is 13.3. The maximum absolute atomic E-state index is 12.5. The number of benzene rings is 1. The number of carbonyl (C=O) groups is 1. The van der Waals surface area contributed by atoms with Crippen LogP contribution in [0.1, 0.15) is 27.2 Å². The van der Waals surface area contributed by atoms with Crippen LogP contribution in [-0.2, 0) is 4.79 Å². The van der Waals surface area contributed by atoms with Crippen LogP contribution in [-0.4, -0.2) is 18.2 Å². The lowest BCUT2D eigenvalue weighted by Crippen LogP contribution is -2.32. The van der Waals surface area contributed by atoms with Crippen molar-refractivity contribution in [3.63, 3.8) is 0 Å². The van der Waals surface area contributed by atoms with Crippen molar-refractivity contribution in [3.05, 3.63) is 24.3 Å². The fourth-order valence-electron chi connectivity index (χ4n) is 2.03. The van der Waals surface area contributed by atoms with Crippen LogP contribution in [0.2, 0.25) is 0 Å². The third-order valence-electron chi connectivity index (χ3n) is 2.88. The monoisotopic (exact) mass is 316 g/mol. The number of rotatable bonds is 6. The highest BCUT2D eigenvalue weighted by atomic mass is 32.2. The Morgan fingerprint density at radius 2 is 1.95 bits per heavy atom. The van der Waals surface area contributed by atoms with Gasteiger partial charge in [-0.3, -0.25) is 4.79 Å². The van der Waals surface area contributed by atoms with Gasteiger partial charge >= 0.3 is 0 Å². The summed E-state index contributed by atoms with van der Waals surface area (Å²) in [7, 11) is 0. The molecule has 118 valence electrons. The molecule has 1 aromatic carbocycles. The molecule has 0 radical (unpaired) electrons. The van der Waals surface area contributed by atoms with Gasteiger partial charge in [0.15, 0.2) is 0 Å². The summed E-state index contributed by atoms with van der Waals surface area (Å²) in [5.41, 5.74) is 6.04. The molecule has 1 rings (SSSR count). The van der Waals surface area contributed by atoms with Crippen LogP contribution in [0.25, 0.3) is 0 Å². The Balaban J connectivity index is 2.82. The number of thioether (sulfide) groups is 1. The lowest BCUT2D eigenvalue weighted by molar-refractivity contribution is -0.120. The first-order valence-corrected chi connectivity index (χ1v) is 7.65. The maximum Gasteiger partial charge on any atom is 0.288 e. The first kappa shape index (κ1) is 17.9. The summed E-state index contributed by atoms with van der Waals surface area (Å²) in [5.74, 6) is -3.09. The zero-order chi connectivity index (χ0) is 16.0. The summed E-state index contributed by atoms with van der Waals surface area (Å²) < 4.78 is 25.0. The molecule has 1 unspecified atom stereocenters. The van der Waals surface area contributed by atoms with Crippen molar-refractivity contribution < 1.29 is 13.6 Å². The van der Waals surface area contributed by atoms with Gasteiger partial charge in [-0.05, 0) is 24.0 Å². The van der Waals surface area contributed by atoms with Gasteiger partial charge in [-0.2, -0.15) is 8.78 Å². The number of amides is 1. The Kier molecular flexibility index (Phi) is 6.61. The molecule has 6 heteroatoms. The molecule has 1 amide bonds. The van der Waals surface area contributed by atoms with Crippen LogP contribution in [0.4, 0.5) is 14.5 Å². The van der Waals surface area contributed by atoms with Crippen LogP contribution in [0, 0.1) is 11.3 Å². The number of alkyl halides is 2. The van der Waals surface area contributed by atoms with E-state index >= 15 is 0 Å². The van der Waals surface area contributed by atoms with E-state index < -0.39 is 5.76 Å². The van der Waals surface area contributed by atoms with Crippen molar-refractivity contribution in [2.24, 2.45) is 17.1 Å². The molecular weight excluding hydrogens is 294 g/mol. The van der Waals surface area contributed by atoms with E-state index in [-0.39, 0.29) is 23.8 Å². The predicted molar refractivity (Wildman–Crippen MR) is 83.5 cm³/mol. The SMILES string of the molecule is CC(C)(C)CC(CN)C(=O)Nc1ccccc1SC(F)F. The minimum absolute atomic E-state index is 0.0291. The van der Waals surface area contributed by atoms with Crippen molar-refractivity contribution >= 4 is 23.4 Å². The molecule has 0 bridgehead atoms. The summed E-state index contributed by atoms with van der Waals surface area (Å²) in [5, 5.41) is 2.72. The number of carbonyl (C=O) groups excluding carboxylic acids is 1. The number of hydrogen-bond donors (Lipinski definition) is 2. The second-order valence-corrected chi connectivity index (χ2v) is 7.09. The molecule has 0 aliphatic rings. The van der Waals surface area contributed by atoms with E-state index in [9.17, 15) is 13.6 Å². The molecule has 0 aromatic heterocycles. The summed E-state index contributed by atoms with van der Waals surface area (Å²) in [6.07, 6.45) is 0.638. The molecule has 0 aliphatic carbocycles. The molecule has 0 spiro atoms. The van der Waals surface area contributed by atoms with Crippen molar-refractivity contribution in [1.82, 2.24) is 0 Å². The molecule has 0 saturated carbocycles. The molecule has 1 atom stereocenters. The van der Waals surface area contributed by atoms with Crippen LogP contribution < -0.4 is 11.1 Å². The molecule has 1 aromatic rings. The van der Waals surface area contributed by atoms with Gasteiger partial charge in [0.05, 0.1) is 11.6 Å². The van der Waals surface area contributed by atoms with E-state index in [2.05, 4.69) is 5.32 Å². The molecular formula is C15H22F2N2OS. The van der Waals surface area contributed by atoms with E-state index in [1.54, 1.807) is 24.3 Å². The zero-order valence-electron chi connectivity index (χ0n) is 12.5. The van der Waals surface area contributed by atoms with Crippen LogP contribution in [0.5, 0.6) is 0 Å². The largest absolute Gasteiger partial charge is 0.330 e. The first-order valence-electron chi connectivity index (χ1n) is 6.77. The Morgan fingerprint density at radius 3 is 2.48 bits per heavy atom. The first-order chi connectivity index (χ1) is 9.73. The number of halogens is 2. The summed E-state index contributed by atoms with van der Waals surface area (Å²) >= 11 is 0.420. The molecule has 3 nitrogen and oxygen atoms in total. The van der Waals surface area contributed by atoms with E-state index in [0.717, 1.165) is 0 Å². The third kappa shape index (κ3) is 6.44. The van der Waals surface area contributed by atoms with Gasteiger partial charge < -0.3 is 11.1 Å². The molecule has 0 fully saturated rings. The van der Waals surface area contributed by atoms with Crippen molar-refractivity contribution in [3.8, 4) is 0 Å². The Hall–Kier alpha value is -1.14. The fraction of sp³-hybridized carbons (Fsp3) is 0.533. The summed E-state index contributed by atoms with van der Waals surface area (Å²) in [6.45, 7) is 6.32. The molecule has 0 heterocycles. The van der Waals surface area contributed by atoms with Crippen LogP contribution >= 0.6 is 11.8 Å². The quantitative estimate of drug-likeness (QED) is 0.781. The van der Waals surface area contributed by atoms with Crippen LogP contribution in [0.15, 0.2) is 29.2 Å². The van der Waals surface area contributed by atoms with Gasteiger partial charge in [0.2, 0.25) is 5.91 Å². The average Bonchev–Trinajstić information content (AvgIpc) is 2.36. The number of para-hydroxylation sites is 1. The van der Waals surface area contributed by atoms with Crippen LogP contribution in [0.3, 0.4) is 0 Å². The zero-order valence-corrected chi connectivity index (χ0v) is 13.3. The van der Waals surface area contributed by atoms with Gasteiger partial charge in [0, 0.05) is 11.4 Å². The Bertz CT molecular complexity index is 475. The summed E-state index contributed by atoms with van der Waals surface area (Å²) in [4.78, 5) is 12.6. The van der Waals surface area contributed by atoms with Gasteiger partial charge in [-0.1, -0.05) is 44.7 Å². The molecule has 21 heavy (non-hydrogen) atoms. The summed E-state index contributed by atoms with van der Waals surface area (Å²) in [6, 6.07) is 6.54. The molecule has 3 N–H and O–H groups in total. The fourth-order valence-corrected chi connectivity index (χ4v) is 2.62. The minimum Gasteiger partial charge on any atom is -0.330 e. The topological polar surface area (TPSA) is 55.1 Å². The third-order valence-corrected chi connectivity index (χ3v) is 3.66. The maximum atomic E-state index is 12.5. The number of nitrogens with two attached hydrogens (primary N) is 1. The Morgan fingerprint density at radius 1 is 1.33 bits per heavy atom. The number of hydrogen-bond acceptors (Lipinski definition) is 3. The Labute approximate surface area is 128 Å². The van der Waals surface area contributed by atoms with E-state index in [1.807, 2.05) is 20.8 Å². The molecule has 0 saturated heterocycles. The van der Waals surface area contributed by atoms with Gasteiger partial charge in [-0.15, -0.1) is 0 Å². The minimum atomic E-state index is -2.53. The highest BCUT2D eigenvalue weighted by Gasteiger charge is 2.24. The van der Waals surface area contributed by atoms with Crippen molar-refractivity contribution in [1.29, 1.82) is 0 Å². The average molecular weight is 316 g/mol. The lowest BCUT2D eigenvalue weighted by Gasteiger charge is -2.24. The molecule has 0 aliphatic heterocycles. The smallest absolute Gasteiger partial charge is 0.288 e. The van der Waals surface area contributed by atoms with E-state index in [1.165, 1.54) is 0 Å². The predicted octanol–water partition coefficient (Wildman–Crippen LogP) is 3.95. The number of anilines is 1. The standard InChI is InChI=1S/C15H22F2N2OS/c1-15(2,3)8-10(9-18)13(20)19-11-6-4-5-7-12(11)21-14(16)17/h4-7,10,14H,8-9,18H2,1-3H3,(H,19,20). The lowest BCUT2D eigenvalue weighted by atomic mass is 9.84. The second kappa shape index (κ2) is 7.75. The van der Waals surface area contributed by atoms with Gasteiger partial charge in [0.1, 0.15) is 0 Å². The van der Waals surface area contributed by atoms with E-state index in [4.69, 9.17) is 5.73 Å². The highest BCUT2D eigenvalue weighted by molar-refractivity contribution is 7.99. The van der Waals surface area contributed by atoms with Gasteiger partial charge in [-0.25, -0.2) is 0 Å². The van der Waals surface area contributed by atoms with Gasteiger partial charge in [0.25, 0.3) is 5.76 Å².